The molecule has 2 aromatic carbocycles. The highest BCUT2D eigenvalue weighted by molar-refractivity contribution is 6.44. The van der Waals surface area contributed by atoms with Gasteiger partial charge in [-0.2, -0.15) is 0 Å². The smallest absolute Gasteiger partial charge is 0.316 e. The third-order valence-electron chi connectivity index (χ3n) is 3.97. The highest BCUT2D eigenvalue weighted by atomic mass is 16.5. The molecule has 1 aliphatic heterocycles. The molecule has 24 heavy (non-hydrogen) atoms. The largest absolute Gasteiger partial charge is 0.494 e. The number of ether oxygens (including phenoxy) is 1. The molecule has 0 atom stereocenters. The first-order valence-electron chi connectivity index (χ1n) is 8.12. The molecule has 3 rings (SSSR count). The zero-order chi connectivity index (χ0) is 16.9. The Balaban J connectivity index is 1.70. The van der Waals surface area contributed by atoms with Gasteiger partial charge in [0, 0.05) is 17.9 Å². The maximum Gasteiger partial charge on any atom is 0.316 e. The number of amides is 2. The lowest BCUT2D eigenvalue weighted by atomic mass is 10.0. The maximum atomic E-state index is 12.5. The van der Waals surface area contributed by atoms with Crippen LogP contribution in [-0.4, -0.2) is 25.0 Å². The van der Waals surface area contributed by atoms with Gasteiger partial charge in [0.05, 0.1) is 6.61 Å². The number of nitrogens with zero attached hydrogens (tertiary/aromatic N) is 1. The topological polar surface area (TPSA) is 58.6 Å². The quantitative estimate of drug-likeness (QED) is 0.883. The zero-order valence-corrected chi connectivity index (χ0v) is 13.6. The number of aryl methyl sites for hydroxylation is 1. The molecule has 1 N–H and O–H groups in total. The summed E-state index contributed by atoms with van der Waals surface area (Å²) in [5, 5.41) is 2.65. The molecule has 0 fully saturated rings. The molecule has 5 nitrogen and oxygen atoms in total. The second-order valence-corrected chi connectivity index (χ2v) is 5.60. The summed E-state index contributed by atoms with van der Waals surface area (Å²) in [6.07, 6.45) is 1.79. The van der Waals surface area contributed by atoms with Crippen LogP contribution >= 0.6 is 0 Å². The molecular formula is C19H20N2O3. The minimum absolute atomic E-state index is 0.531. The molecular weight excluding hydrogens is 304 g/mol. The zero-order valence-electron chi connectivity index (χ0n) is 13.6. The van der Waals surface area contributed by atoms with Gasteiger partial charge in [-0.25, -0.2) is 0 Å². The van der Waals surface area contributed by atoms with Crippen LogP contribution in [0.5, 0.6) is 5.75 Å². The van der Waals surface area contributed by atoms with E-state index in [1.165, 1.54) is 0 Å². The Labute approximate surface area is 141 Å². The summed E-state index contributed by atoms with van der Waals surface area (Å²) in [7, 11) is 0. The van der Waals surface area contributed by atoms with E-state index in [1.807, 2.05) is 31.2 Å². The number of nitrogens with one attached hydrogen (secondary N) is 1. The molecule has 0 unspecified atom stereocenters. The monoisotopic (exact) mass is 324 g/mol. The van der Waals surface area contributed by atoms with Crippen LogP contribution in [0.2, 0.25) is 0 Å². The molecule has 0 spiro atoms. The average molecular weight is 324 g/mol. The summed E-state index contributed by atoms with van der Waals surface area (Å²) < 4.78 is 5.36. The van der Waals surface area contributed by atoms with E-state index >= 15 is 0 Å². The van der Waals surface area contributed by atoms with Crippen LogP contribution in [0.3, 0.4) is 0 Å². The first kappa shape index (κ1) is 16.1. The van der Waals surface area contributed by atoms with E-state index < -0.39 is 11.8 Å². The first-order chi connectivity index (χ1) is 11.7. The SMILES string of the molecule is CCOc1ccc(NC(=O)C(=O)N2CCCc3ccccc32)cc1. The Hall–Kier alpha value is -2.82. The van der Waals surface area contributed by atoms with Crippen molar-refractivity contribution in [3.05, 3.63) is 54.1 Å². The molecule has 0 radical (unpaired) electrons. The van der Waals surface area contributed by atoms with E-state index in [1.54, 1.807) is 29.2 Å². The van der Waals surface area contributed by atoms with Gasteiger partial charge in [0.15, 0.2) is 0 Å². The second kappa shape index (κ2) is 7.17. The fraction of sp³-hybridized carbons (Fsp3) is 0.263. The van der Waals surface area contributed by atoms with Crippen LogP contribution in [0.4, 0.5) is 11.4 Å². The number of hydrogen-bond donors (Lipinski definition) is 1. The van der Waals surface area contributed by atoms with Gasteiger partial charge in [-0.3, -0.25) is 9.59 Å². The van der Waals surface area contributed by atoms with Gasteiger partial charge in [0.25, 0.3) is 0 Å². The van der Waals surface area contributed by atoms with Gasteiger partial charge < -0.3 is 15.0 Å². The summed E-state index contributed by atoms with van der Waals surface area (Å²) in [4.78, 5) is 26.4. The molecule has 1 heterocycles. The lowest BCUT2D eigenvalue weighted by molar-refractivity contribution is -0.134. The van der Waals surface area contributed by atoms with Gasteiger partial charge in [0.1, 0.15) is 5.75 Å². The lowest BCUT2D eigenvalue weighted by Crippen LogP contribution is -2.42. The molecule has 2 aromatic rings. The van der Waals surface area contributed by atoms with Crippen LogP contribution in [-0.2, 0) is 16.0 Å². The summed E-state index contributed by atoms with van der Waals surface area (Å²) >= 11 is 0. The van der Waals surface area contributed by atoms with Crippen molar-refractivity contribution in [2.24, 2.45) is 0 Å². The fourth-order valence-electron chi connectivity index (χ4n) is 2.85. The number of benzene rings is 2. The molecule has 5 heteroatoms. The Morgan fingerprint density at radius 3 is 2.62 bits per heavy atom. The minimum atomic E-state index is -0.629. The lowest BCUT2D eigenvalue weighted by Gasteiger charge is -2.28. The van der Waals surface area contributed by atoms with Crippen molar-refractivity contribution in [2.45, 2.75) is 19.8 Å². The third-order valence-corrected chi connectivity index (χ3v) is 3.97. The second-order valence-electron chi connectivity index (χ2n) is 5.60. The Kier molecular flexibility index (Phi) is 4.79. The number of rotatable bonds is 3. The fourth-order valence-corrected chi connectivity index (χ4v) is 2.85. The number of para-hydroxylation sites is 1. The van der Waals surface area contributed by atoms with Crippen LogP contribution in [0.25, 0.3) is 0 Å². The number of carbonyl (C=O) groups excluding carboxylic acids is 2. The standard InChI is InChI=1S/C19H20N2O3/c1-2-24-16-11-9-15(10-12-16)20-18(22)19(23)21-13-5-7-14-6-3-4-8-17(14)21/h3-4,6,8-12H,2,5,7,13H2,1H3,(H,20,22). The number of fused-ring (bicyclic) bond motifs is 1. The van der Waals surface area contributed by atoms with E-state index in [0.717, 1.165) is 29.8 Å². The normalized spacial score (nSPS) is 13.1. The van der Waals surface area contributed by atoms with E-state index in [2.05, 4.69) is 5.32 Å². The van der Waals surface area contributed by atoms with Crippen LogP contribution in [0, 0.1) is 0 Å². The molecule has 1 aliphatic rings. The van der Waals surface area contributed by atoms with Crippen LogP contribution < -0.4 is 15.0 Å². The average Bonchev–Trinajstić information content (AvgIpc) is 2.62. The third kappa shape index (κ3) is 3.40. The van der Waals surface area contributed by atoms with Crippen molar-refractivity contribution in [3.8, 4) is 5.75 Å². The van der Waals surface area contributed by atoms with E-state index in [9.17, 15) is 9.59 Å². The predicted octanol–water partition coefficient (Wildman–Crippen LogP) is 3.00. The number of anilines is 2. The summed E-state index contributed by atoms with van der Waals surface area (Å²) in [6.45, 7) is 3.05. The Morgan fingerprint density at radius 1 is 1.12 bits per heavy atom. The van der Waals surface area contributed by atoms with Gasteiger partial charge in [-0.1, -0.05) is 18.2 Å². The predicted molar refractivity (Wildman–Crippen MR) is 93.4 cm³/mol. The first-order valence-corrected chi connectivity index (χ1v) is 8.12. The van der Waals surface area contributed by atoms with Crippen LogP contribution in [0.1, 0.15) is 18.9 Å². The van der Waals surface area contributed by atoms with Crippen molar-refractivity contribution >= 4 is 23.2 Å². The highest BCUT2D eigenvalue weighted by Gasteiger charge is 2.27. The van der Waals surface area contributed by atoms with Crippen molar-refractivity contribution in [1.82, 2.24) is 0 Å². The van der Waals surface area contributed by atoms with Crippen molar-refractivity contribution < 1.29 is 14.3 Å². The summed E-state index contributed by atoms with van der Waals surface area (Å²) in [5.74, 6) is -0.432. The molecule has 0 aliphatic carbocycles. The molecule has 2 amide bonds. The number of carbonyl (C=O) groups is 2. The maximum absolute atomic E-state index is 12.5. The molecule has 0 bridgehead atoms. The highest BCUT2D eigenvalue weighted by Crippen LogP contribution is 2.27. The van der Waals surface area contributed by atoms with E-state index in [4.69, 9.17) is 4.74 Å². The van der Waals surface area contributed by atoms with Crippen molar-refractivity contribution in [3.63, 3.8) is 0 Å². The van der Waals surface area contributed by atoms with Crippen molar-refractivity contribution in [1.29, 1.82) is 0 Å². The van der Waals surface area contributed by atoms with Gasteiger partial charge in [-0.15, -0.1) is 0 Å². The Bertz CT molecular complexity index is 741. The van der Waals surface area contributed by atoms with Gasteiger partial charge in [0.2, 0.25) is 0 Å². The van der Waals surface area contributed by atoms with Gasteiger partial charge in [-0.05, 0) is 55.7 Å². The minimum Gasteiger partial charge on any atom is -0.494 e. The molecule has 0 saturated heterocycles. The number of hydrogen-bond acceptors (Lipinski definition) is 3. The molecule has 0 saturated carbocycles. The van der Waals surface area contributed by atoms with E-state index in [0.29, 0.717) is 18.8 Å². The van der Waals surface area contributed by atoms with Crippen LogP contribution in [0.15, 0.2) is 48.5 Å². The summed E-state index contributed by atoms with van der Waals surface area (Å²) in [5.41, 5.74) is 2.50. The van der Waals surface area contributed by atoms with E-state index in [-0.39, 0.29) is 0 Å². The van der Waals surface area contributed by atoms with Gasteiger partial charge >= 0.3 is 11.8 Å². The molecule has 0 aromatic heterocycles. The molecule has 124 valence electrons. The summed E-state index contributed by atoms with van der Waals surface area (Å²) in [6, 6.07) is 14.7. The van der Waals surface area contributed by atoms with Crippen molar-refractivity contribution in [2.75, 3.05) is 23.4 Å². The Morgan fingerprint density at radius 2 is 1.88 bits per heavy atom.